The molecule has 0 atom stereocenters. The van der Waals surface area contributed by atoms with Gasteiger partial charge in [0.25, 0.3) is 0 Å². The number of hydrogen-bond donors (Lipinski definition) is 1. The van der Waals surface area contributed by atoms with Gasteiger partial charge in [-0.1, -0.05) is 0 Å². The second kappa shape index (κ2) is 11.3. The normalized spacial score (nSPS) is 12.1. The lowest BCUT2D eigenvalue weighted by molar-refractivity contribution is -0.156. The van der Waals surface area contributed by atoms with E-state index in [1.807, 2.05) is 4.90 Å². The molecule has 0 unspecified atom stereocenters. The Kier molecular flexibility index (Phi) is 8.97. The van der Waals surface area contributed by atoms with Gasteiger partial charge < -0.3 is 23.7 Å². The molecule has 0 aliphatic rings. The standard InChI is InChI=1S/C23H35N5O6/c1-22(2,3)33-20(31)15-27-11-8-24-17(27)13-26(10-7-19(29)30)14-18-25-9-12-28(18)16-21(32)34-23(4,5)6/h8-9,11-12H,7,10,13-16H2,1-6H3,(H,29,30). The van der Waals surface area contributed by atoms with E-state index in [-0.39, 0.29) is 39.1 Å². The van der Waals surface area contributed by atoms with Crippen molar-refractivity contribution in [3.8, 4) is 0 Å². The number of nitrogens with zero attached hydrogens (tertiary/aromatic N) is 5. The monoisotopic (exact) mass is 477 g/mol. The maximum absolute atomic E-state index is 12.3. The van der Waals surface area contributed by atoms with E-state index in [2.05, 4.69) is 9.97 Å². The summed E-state index contributed by atoms with van der Waals surface area (Å²) in [6.07, 6.45) is 6.44. The van der Waals surface area contributed by atoms with Crippen molar-refractivity contribution in [1.82, 2.24) is 24.0 Å². The predicted molar refractivity (Wildman–Crippen MR) is 123 cm³/mol. The van der Waals surface area contributed by atoms with E-state index >= 15 is 0 Å². The quantitative estimate of drug-likeness (QED) is 0.484. The maximum atomic E-state index is 12.3. The first kappa shape index (κ1) is 27.0. The van der Waals surface area contributed by atoms with Crippen molar-refractivity contribution in [2.45, 2.75) is 85.3 Å². The highest BCUT2D eigenvalue weighted by molar-refractivity contribution is 5.70. The van der Waals surface area contributed by atoms with Crippen LogP contribution in [0.15, 0.2) is 24.8 Å². The highest BCUT2D eigenvalue weighted by Crippen LogP contribution is 2.13. The van der Waals surface area contributed by atoms with Crippen LogP contribution in [-0.4, -0.2) is 64.8 Å². The van der Waals surface area contributed by atoms with E-state index < -0.39 is 29.1 Å². The van der Waals surface area contributed by atoms with Crippen molar-refractivity contribution < 1.29 is 29.0 Å². The van der Waals surface area contributed by atoms with Crippen LogP contribution in [0.1, 0.15) is 59.6 Å². The molecule has 0 saturated heterocycles. The Morgan fingerprint density at radius 3 is 1.62 bits per heavy atom. The van der Waals surface area contributed by atoms with E-state index in [0.717, 1.165) is 0 Å². The molecule has 0 aromatic carbocycles. The molecule has 2 aromatic heterocycles. The van der Waals surface area contributed by atoms with Gasteiger partial charge in [0.05, 0.1) is 19.5 Å². The van der Waals surface area contributed by atoms with Crippen LogP contribution >= 0.6 is 0 Å². The van der Waals surface area contributed by atoms with Crippen LogP contribution in [-0.2, 0) is 50.0 Å². The van der Waals surface area contributed by atoms with Gasteiger partial charge in [-0.05, 0) is 41.5 Å². The number of imidazole rings is 2. The molecule has 0 bridgehead atoms. The van der Waals surface area contributed by atoms with Gasteiger partial charge in [-0.2, -0.15) is 0 Å². The van der Waals surface area contributed by atoms with Crippen LogP contribution in [0, 0.1) is 0 Å². The summed E-state index contributed by atoms with van der Waals surface area (Å²) in [6.45, 7) is 11.6. The van der Waals surface area contributed by atoms with Gasteiger partial charge in [0.2, 0.25) is 0 Å². The van der Waals surface area contributed by atoms with E-state index in [4.69, 9.17) is 9.47 Å². The lowest BCUT2D eigenvalue weighted by atomic mass is 10.2. The summed E-state index contributed by atoms with van der Waals surface area (Å²) in [4.78, 5) is 46.3. The van der Waals surface area contributed by atoms with Crippen LogP contribution in [0.5, 0.6) is 0 Å². The van der Waals surface area contributed by atoms with Crippen LogP contribution in [0.2, 0.25) is 0 Å². The highest BCUT2D eigenvalue weighted by Gasteiger charge is 2.21. The maximum Gasteiger partial charge on any atom is 0.326 e. The number of esters is 2. The first-order chi connectivity index (χ1) is 15.7. The molecule has 188 valence electrons. The third kappa shape index (κ3) is 9.74. The fraction of sp³-hybridized carbons (Fsp3) is 0.609. The minimum Gasteiger partial charge on any atom is -0.481 e. The van der Waals surface area contributed by atoms with Gasteiger partial charge in [-0.25, -0.2) is 9.97 Å². The van der Waals surface area contributed by atoms with E-state index in [9.17, 15) is 19.5 Å². The van der Waals surface area contributed by atoms with Crippen molar-refractivity contribution in [3.63, 3.8) is 0 Å². The van der Waals surface area contributed by atoms with Gasteiger partial charge in [-0.15, -0.1) is 0 Å². The summed E-state index contributed by atoms with van der Waals surface area (Å²) in [5.74, 6) is -0.546. The van der Waals surface area contributed by atoms with Gasteiger partial charge in [0.1, 0.15) is 35.9 Å². The number of aliphatic carboxylic acids is 1. The zero-order valence-corrected chi connectivity index (χ0v) is 20.8. The number of carbonyl (C=O) groups is 3. The molecule has 0 fully saturated rings. The zero-order chi connectivity index (χ0) is 25.5. The number of carboxylic acids is 1. The van der Waals surface area contributed by atoms with Crippen molar-refractivity contribution in [1.29, 1.82) is 0 Å². The van der Waals surface area contributed by atoms with Gasteiger partial charge in [-0.3, -0.25) is 19.3 Å². The number of hydrogen-bond acceptors (Lipinski definition) is 8. The fourth-order valence-electron chi connectivity index (χ4n) is 3.16. The lowest BCUT2D eigenvalue weighted by Crippen LogP contribution is -2.31. The summed E-state index contributed by atoms with van der Waals surface area (Å²) in [7, 11) is 0. The van der Waals surface area contributed by atoms with Crippen LogP contribution in [0.25, 0.3) is 0 Å². The summed E-state index contributed by atoms with van der Waals surface area (Å²) >= 11 is 0. The molecule has 0 spiro atoms. The van der Waals surface area contributed by atoms with Crippen LogP contribution in [0.4, 0.5) is 0 Å². The molecular formula is C23H35N5O6. The molecular weight excluding hydrogens is 442 g/mol. The number of rotatable bonds is 11. The summed E-state index contributed by atoms with van der Waals surface area (Å²) in [6, 6.07) is 0. The Labute approximate surface area is 199 Å². The first-order valence-corrected chi connectivity index (χ1v) is 11.1. The molecule has 1 N–H and O–H groups in total. The lowest BCUT2D eigenvalue weighted by Gasteiger charge is -2.23. The van der Waals surface area contributed by atoms with Gasteiger partial charge in [0, 0.05) is 31.3 Å². The molecule has 11 heteroatoms. The molecule has 0 amide bonds. The van der Waals surface area contributed by atoms with E-state index in [0.29, 0.717) is 11.6 Å². The SMILES string of the molecule is CC(C)(C)OC(=O)Cn1ccnc1CN(CCC(=O)O)Cc1nccn1CC(=O)OC(C)(C)C. The minimum atomic E-state index is -0.931. The third-order valence-corrected chi connectivity index (χ3v) is 4.41. The molecule has 2 rings (SSSR count). The topological polar surface area (TPSA) is 129 Å². The molecule has 0 aliphatic heterocycles. The van der Waals surface area contributed by atoms with E-state index in [1.165, 1.54) is 0 Å². The second-order valence-electron chi connectivity index (χ2n) is 9.97. The van der Waals surface area contributed by atoms with Crippen molar-refractivity contribution in [2.24, 2.45) is 0 Å². The number of aromatic nitrogens is 4. The van der Waals surface area contributed by atoms with Crippen molar-refractivity contribution in [2.75, 3.05) is 6.54 Å². The average Bonchev–Trinajstić information content (AvgIpc) is 3.26. The van der Waals surface area contributed by atoms with Gasteiger partial charge in [0.15, 0.2) is 0 Å². The van der Waals surface area contributed by atoms with Crippen LogP contribution in [0.3, 0.4) is 0 Å². The number of carbonyl (C=O) groups excluding carboxylic acids is 2. The molecule has 2 aromatic rings. The molecule has 34 heavy (non-hydrogen) atoms. The summed E-state index contributed by atoms with van der Waals surface area (Å²) in [5.41, 5.74) is -1.20. The van der Waals surface area contributed by atoms with Crippen LogP contribution < -0.4 is 0 Å². The fourth-order valence-corrected chi connectivity index (χ4v) is 3.16. The Hall–Kier alpha value is -3.21. The molecule has 0 aliphatic carbocycles. The average molecular weight is 478 g/mol. The summed E-state index contributed by atoms with van der Waals surface area (Å²) in [5, 5.41) is 9.19. The van der Waals surface area contributed by atoms with Gasteiger partial charge >= 0.3 is 17.9 Å². The summed E-state index contributed by atoms with van der Waals surface area (Å²) < 4.78 is 14.1. The zero-order valence-electron chi connectivity index (χ0n) is 20.8. The minimum absolute atomic E-state index is 0.00730. The third-order valence-electron chi connectivity index (χ3n) is 4.41. The largest absolute Gasteiger partial charge is 0.481 e. The van der Waals surface area contributed by atoms with Crippen molar-refractivity contribution >= 4 is 17.9 Å². The Bertz CT molecular complexity index is 912. The highest BCUT2D eigenvalue weighted by atomic mass is 16.6. The molecule has 11 nitrogen and oxygen atoms in total. The van der Waals surface area contributed by atoms with E-state index in [1.54, 1.807) is 75.5 Å². The predicted octanol–water partition coefficient (Wildman–Crippen LogP) is 2.24. The molecule has 0 saturated carbocycles. The number of carboxylic acid groups (broad SMARTS) is 1. The molecule has 0 radical (unpaired) electrons. The second-order valence-corrected chi connectivity index (χ2v) is 9.97. The smallest absolute Gasteiger partial charge is 0.326 e. The first-order valence-electron chi connectivity index (χ1n) is 11.1. The molecule has 2 heterocycles. The Morgan fingerprint density at radius 2 is 1.26 bits per heavy atom. The Balaban J connectivity index is 2.13. The Morgan fingerprint density at radius 1 is 0.853 bits per heavy atom. The number of ether oxygens (including phenoxy) is 2. The van der Waals surface area contributed by atoms with Crippen molar-refractivity contribution in [3.05, 3.63) is 36.4 Å².